The standard InChI is InChI=1S/C67H128NO8P/c1-6-8-10-12-14-16-18-20-22-24-26-27-28-29-30-31-32-33-34-35-36-37-38-39-40-41-42-44-45-47-49-51-53-55-57-59-66(69)73-63-65(64-75-77(71,72)74-62-61-68(3,4)5)76-67(70)60-58-56-54-52-50-48-46-43-25-23-21-19-17-15-13-11-9-7-2/h17,19,23-26,65H,6-16,18,20-22,27-64H2,1-5H3/b19-17-,25-23-,26-24-. The predicted molar refractivity (Wildman–Crippen MR) is 328 cm³/mol. The van der Waals surface area contributed by atoms with E-state index >= 15 is 0 Å². The van der Waals surface area contributed by atoms with E-state index in [0.29, 0.717) is 17.4 Å². The van der Waals surface area contributed by atoms with Gasteiger partial charge >= 0.3 is 11.9 Å². The van der Waals surface area contributed by atoms with E-state index in [4.69, 9.17) is 18.5 Å². The number of hydrogen-bond donors (Lipinski definition) is 0. The van der Waals surface area contributed by atoms with Gasteiger partial charge in [-0.25, -0.2) is 0 Å². The number of allylic oxidation sites excluding steroid dienone is 6. The van der Waals surface area contributed by atoms with Crippen LogP contribution in [0.4, 0.5) is 0 Å². The van der Waals surface area contributed by atoms with Crippen molar-refractivity contribution in [2.24, 2.45) is 0 Å². The number of unbranched alkanes of at least 4 members (excludes halogenated alkanes) is 42. The number of ether oxygens (including phenoxy) is 2. The minimum atomic E-state index is -4.64. The van der Waals surface area contributed by atoms with Crippen molar-refractivity contribution in [3.05, 3.63) is 36.5 Å². The second-order valence-electron chi connectivity index (χ2n) is 23.8. The van der Waals surface area contributed by atoms with Gasteiger partial charge in [-0.3, -0.25) is 14.2 Å². The maximum atomic E-state index is 12.8. The summed E-state index contributed by atoms with van der Waals surface area (Å²) in [6.07, 6.45) is 73.7. The second kappa shape index (κ2) is 58.9. The highest BCUT2D eigenvalue weighted by atomic mass is 31.2. The molecular formula is C67H128NO8P. The Morgan fingerprint density at radius 3 is 1.05 bits per heavy atom. The number of rotatable bonds is 62. The summed E-state index contributed by atoms with van der Waals surface area (Å²) >= 11 is 0. The average Bonchev–Trinajstić information content (AvgIpc) is 3.39. The lowest BCUT2D eigenvalue weighted by atomic mass is 10.0. The topological polar surface area (TPSA) is 111 Å². The second-order valence-corrected chi connectivity index (χ2v) is 25.2. The Balaban J connectivity index is 3.95. The van der Waals surface area contributed by atoms with Crippen LogP contribution in [-0.2, 0) is 32.7 Å². The summed E-state index contributed by atoms with van der Waals surface area (Å²) in [7, 11) is 1.17. The molecule has 0 saturated heterocycles. The number of esters is 2. The molecule has 0 bridgehead atoms. The van der Waals surface area contributed by atoms with Gasteiger partial charge in [0.1, 0.15) is 19.8 Å². The molecule has 0 aliphatic rings. The van der Waals surface area contributed by atoms with E-state index in [1.165, 1.54) is 244 Å². The van der Waals surface area contributed by atoms with Crippen LogP contribution in [0.15, 0.2) is 36.5 Å². The molecule has 0 spiro atoms. The van der Waals surface area contributed by atoms with Gasteiger partial charge in [-0.1, -0.05) is 281 Å². The van der Waals surface area contributed by atoms with E-state index in [0.717, 1.165) is 51.4 Å². The molecule has 9 nitrogen and oxygen atoms in total. The van der Waals surface area contributed by atoms with Crippen LogP contribution in [0.2, 0.25) is 0 Å². The van der Waals surface area contributed by atoms with Crippen molar-refractivity contribution in [2.45, 2.75) is 335 Å². The van der Waals surface area contributed by atoms with Crippen LogP contribution in [0, 0.1) is 0 Å². The molecule has 2 atom stereocenters. The average molecular weight is 1110 g/mol. The van der Waals surface area contributed by atoms with Crippen molar-refractivity contribution in [1.82, 2.24) is 0 Å². The summed E-state index contributed by atoms with van der Waals surface area (Å²) in [6.45, 7) is 4.26. The molecule has 0 aliphatic carbocycles. The van der Waals surface area contributed by atoms with Crippen LogP contribution in [-0.4, -0.2) is 70.0 Å². The third kappa shape index (κ3) is 63.3. The number of carbonyl (C=O) groups excluding carboxylic acids is 2. The third-order valence-electron chi connectivity index (χ3n) is 14.9. The van der Waals surface area contributed by atoms with Crippen LogP contribution >= 0.6 is 7.82 Å². The lowest BCUT2D eigenvalue weighted by Gasteiger charge is -2.28. The zero-order chi connectivity index (χ0) is 56.3. The lowest BCUT2D eigenvalue weighted by molar-refractivity contribution is -0.870. The first-order valence-corrected chi connectivity index (χ1v) is 34.7. The molecule has 77 heavy (non-hydrogen) atoms. The summed E-state index contributed by atoms with van der Waals surface area (Å²) in [6, 6.07) is 0. The first-order chi connectivity index (χ1) is 37.5. The highest BCUT2D eigenvalue weighted by Gasteiger charge is 2.22. The predicted octanol–water partition coefficient (Wildman–Crippen LogP) is 20.5. The van der Waals surface area contributed by atoms with Gasteiger partial charge in [0.25, 0.3) is 7.82 Å². The molecular weight excluding hydrogens is 978 g/mol. The van der Waals surface area contributed by atoms with Crippen LogP contribution in [0.1, 0.15) is 328 Å². The number of hydrogen-bond acceptors (Lipinski definition) is 8. The van der Waals surface area contributed by atoms with E-state index in [1.54, 1.807) is 0 Å². The molecule has 0 aliphatic heterocycles. The molecule has 0 N–H and O–H groups in total. The Bertz CT molecular complexity index is 1390. The smallest absolute Gasteiger partial charge is 0.306 e. The minimum absolute atomic E-state index is 0.0309. The van der Waals surface area contributed by atoms with Crippen molar-refractivity contribution >= 4 is 19.8 Å². The maximum Gasteiger partial charge on any atom is 0.306 e. The first-order valence-electron chi connectivity index (χ1n) is 33.2. The lowest BCUT2D eigenvalue weighted by Crippen LogP contribution is -2.37. The summed E-state index contributed by atoms with van der Waals surface area (Å²) in [5.41, 5.74) is 0. The zero-order valence-corrected chi connectivity index (χ0v) is 52.6. The van der Waals surface area contributed by atoms with Gasteiger partial charge in [0.2, 0.25) is 0 Å². The fraction of sp³-hybridized carbons (Fsp3) is 0.881. The van der Waals surface area contributed by atoms with Crippen LogP contribution in [0.25, 0.3) is 0 Å². The number of phosphoric ester groups is 1. The molecule has 0 fully saturated rings. The molecule has 2 unspecified atom stereocenters. The number of quaternary nitrogens is 1. The Labute approximate surface area is 478 Å². The molecule has 0 amide bonds. The van der Waals surface area contributed by atoms with E-state index < -0.39 is 26.5 Å². The van der Waals surface area contributed by atoms with Crippen LogP contribution < -0.4 is 4.89 Å². The SMILES string of the molecule is CCCCCC/C=C\C/C=C\CCCCCCCCCC(=O)OC(COC(=O)CCCCCCCCCCCCCCCCCCCCCCCCC/C=C\CCCCCCCCCC)COP(=O)([O-])OCC[N+](C)(C)C. The molecule has 0 aromatic rings. The fourth-order valence-corrected chi connectivity index (χ4v) is 10.5. The zero-order valence-electron chi connectivity index (χ0n) is 51.7. The van der Waals surface area contributed by atoms with Crippen molar-refractivity contribution in [2.75, 3.05) is 47.5 Å². The number of nitrogens with zero attached hydrogens (tertiary/aromatic N) is 1. The summed E-state index contributed by atoms with van der Waals surface area (Å²) in [5.74, 6) is -0.827. The quantitative estimate of drug-likeness (QED) is 0.0195. The highest BCUT2D eigenvalue weighted by molar-refractivity contribution is 7.45. The van der Waals surface area contributed by atoms with E-state index in [1.807, 2.05) is 21.1 Å². The molecule has 454 valence electrons. The third-order valence-corrected chi connectivity index (χ3v) is 15.8. The monoisotopic (exact) mass is 1110 g/mol. The summed E-state index contributed by atoms with van der Waals surface area (Å²) in [5, 5.41) is 0. The Kier molecular flexibility index (Phi) is 57.5. The van der Waals surface area contributed by atoms with Crippen LogP contribution in [0.3, 0.4) is 0 Å². The van der Waals surface area contributed by atoms with Crippen molar-refractivity contribution < 1.29 is 42.1 Å². The number of phosphoric acid groups is 1. The Hall–Kier alpha value is -1.77. The Morgan fingerprint density at radius 1 is 0.403 bits per heavy atom. The highest BCUT2D eigenvalue weighted by Crippen LogP contribution is 2.38. The molecule has 0 saturated carbocycles. The molecule has 10 heteroatoms. The van der Waals surface area contributed by atoms with Gasteiger partial charge in [-0.2, -0.15) is 0 Å². The molecule has 0 radical (unpaired) electrons. The summed E-state index contributed by atoms with van der Waals surface area (Å²) < 4.78 is 34.2. The Morgan fingerprint density at radius 2 is 0.701 bits per heavy atom. The molecule has 0 rings (SSSR count). The van der Waals surface area contributed by atoms with Gasteiger partial charge in [-0.15, -0.1) is 0 Å². The van der Waals surface area contributed by atoms with Gasteiger partial charge in [-0.05, 0) is 70.6 Å². The molecule has 0 heterocycles. The van der Waals surface area contributed by atoms with E-state index in [9.17, 15) is 19.0 Å². The largest absolute Gasteiger partial charge is 0.756 e. The first kappa shape index (κ1) is 75.2. The van der Waals surface area contributed by atoms with Crippen molar-refractivity contribution in [1.29, 1.82) is 0 Å². The fourth-order valence-electron chi connectivity index (χ4n) is 9.74. The van der Waals surface area contributed by atoms with Crippen molar-refractivity contribution in [3.63, 3.8) is 0 Å². The molecule has 0 aromatic carbocycles. The van der Waals surface area contributed by atoms with E-state index in [2.05, 4.69) is 50.3 Å². The maximum absolute atomic E-state index is 12.8. The van der Waals surface area contributed by atoms with Crippen LogP contribution in [0.5, 0.6) is 0 Å². The van der Waals surface area contributed by atoms with Gasteiger partial charge in [0.15, 0.2) is 6.10 Å². The summed E-state index contributed by atoms with van der Waals surface area (Å²) in [4.78, 5) is 37.9. The number of carbonyl (C=O) groups is 2. The van der Waals surface area contributed by atoms with Gasteiger partial charge < -0.3 is 27.9 Å². The minimum Gasteiger partial charge on any atom is -0.756 e. The number of likely N-dealkylation sites (N-methyl/N-ethyl adjacent to an activating group) is 1. The van der Waals surface area contributed by atoms with Crippen molar-refractivity contribution in [3.8, 4) is 0 Å². The van der Waals surface area contributed by atoms with Gasteiger partial charge in [0.05, 0.1) is 27.7 Å². The normalized spacial score (nSPS) is 13.4. The van der Waals surface area contributed by atoms with E-state index in [-0.39, 0.29) is 32.0 Å². The van der Waals surface area contributed by atoms with Gasteiger partial charge in [0, 0.05) is 12.8 Å². The molecule has 0 aromatic heterocycles.